The van der Waals surface area contributed by atoms with Crippen molar-refractivity contribution in [2.75, 3.05) is 18.1 Å². The van der Waals surface area contributed by atoms with Gasteiger partial charge < -0.3 is 20.6 Å². The number of anilines is 1. The summed E-state index contributed by atoms with van der Waals surface area (Å²) >= 11 is 3.65. The van der Waals surface area contributed by atoms with E-state index < -0.39 is 35.3 Å². The van der Waals surface area contributed by atoms with Gasteiger partial charge in [0.25, 0.3) is 11.8 Å². The van der Waals surface area contributed by atoms with Crippen LogP contribution >= 0.6 is 35.1 Å². The number of pyridine rings is 1. The van der Waals surface area contributed by atoms with Crippen LogP contribution in [0.25, 0.3) is 6.08 Å². The molecule has 1 fully saturated rings. The number of benzene rings is 2. The number of rotatable bonds is 12. The number of carbonyl (C=O) groups is 3. The number of nitrogens with one attached hydrogen (secondary N) is 1. The van der Waals surface area contributed by atoms with Crippen molar-refractivity contribution in [3.8, 4) is 0 Å². The molecular weight excluding hydrogens is 683 g/mol. The molecule has 0 saturated carbocycles. The zero-order valence-corrected chi connectivity index (χ0v) is 28.8. The summed E-state index contributed by atoms with van der Waals surface area (Å²) in [6.45, 7) is 3.82. The Labute approximate surface area is 295 Å². The number of oxime groups is 1. The van der Waals surface area contributed by atoms with Gasteiger partial charge >= 0.3 is 5.97 Å². The minimum Gasteiger partial charge on any atom is -0.448 e. The Morgan fingerprint density at radius 1 is 1.12 bits per heavy atom. The van der Waals surface area contributed by atoms with E-state index in [-0.39, 0.29) is 29.0 Å². The van der Waals surface area contributed by atoms with Crippen LogP contribution in [0.2, 0.25) is 0 Å². The molecule has 250 valence electrons. The average molecular weight is 714 g/mol. The molecule has 4 heterocycles. The number of ether oxygens (including phenoxy) is 1. The number of nitrogens with two attached hydrogens (primary N) is 1. The molecule has 2 amide bonds. The monoisotopic (exact) mass is 713 g/mol. The number of fused-ring (bicyclic) bond motifs is 1. The van der Waals surface area contributed by atoms with Gasteiger partial charge in [-0.2, -0.15) is 9.36 Å². The minimum absolute atomic E-state index is 0.0142. The molecule has 2 atom stereocenters. The molecule has 2 aliphatic rings. The second-order valence-electron chi connectivity index (χ2n) is 10.7. The summed E-state index contributed by atoms with van der Waals surface area (Å²) in [7, 11) is 0. The first-order chi connectivity index (χ1) is 23.8. The molecule has 2 aliphatic heterocycles. The van der Waals surface area contributed by atoms with Crippen LogP contribution in [0.15, 0.2) is 100 Å². The normalized spacial score (nSPS) is 17.6. The highest BCUT2D eigenvalue weighted by molar-refractivity contribution is 8.08. The first kappa shape index (κ1) is 33.9. The molecule has 0 bridgehead atoms. The van der Waals surface area contributed by atoms with Gasteiger partial charge in [0.2, 0.25) is 11.5 Å². The van der Waals surface area contributed by atoms with Gasteiger partial charge in [-0.1, -0.05) is 83.6 Å². The Hall–Kier alpha value is -4.99. The number of amides is 2. The molecule has 2 aromatic heterocycles. The summed E-state index contributed by atoms with van der Waals surface area (Å²) in [4.78, 5) is 57.0. The lowest BCUT2D eigenvalue weighted by Gasteiger charge is -2.49. The Morgan fingerprint density at radius 2 is 1.84 bits per heavy atom. The van der Waals surface area contributed by atoms with Crippen LogP contribution < -0.4 is 11.1 Å². The molecule has 4 aromatic rings. The summed E-state index contributed by atoms with van der Waals surface area (Å²) in [5.74, 6) is -1.46. The van der Waals surface area contributed by atoms with Crippen molar-refractivity contribution >= 4 is 69.8 Å². The third-order valence-corrected chi connectivity index (χ3v) is 10.3. The number of thioether (sulfide) groups is 2. The maximum atomic E-state index is 14.2. The summed E-state index contributed by atoms with van der Waals surface area (Å²) in [6, 6.07) is 21.7. The lowest BCUT2D eigenvalue weighted by Crippen LogP contribution is -2.71. The lowest BCUT2D eigenvalue weighted by atomic mass is 10.0. The van der Waals surface area contributed by atoms with Gasteiger partial charge in [-0.05, 0) is 48.1 Å². The number of hydrogen-bond acceptors (Lipinski definition) is 13. The predicted octanol–water partition coefficient (Wildman–Crippen LogP) is 4.91. The van der Waals surface area contributed by atoms with Gasteiger partial charge in [-0.25, -0.2) is 4.79 Å². The summed E-state index contributed by atoms with van der Waals surface area (Å²) in [5.41, 5.74) is 9.00. The van der Waals surface area contributed by atoms with Gasteiger partial charge in [0, 0.05) is 34.1 Å². The van der Waals surface area contributed by atoms with Crippen LogP contribution in [0.1, 0.15) is 41.2 Å². The molecule has 6 rings (SSSR count). The van der Waals surface area contributed by atoms with Gasteiger partial charge in [0.05, 0.1) is 0 Å². The topological polar surface area (TPSA) is 162 Å². The van der Waals surface area contributed by atoms with Crippen molar-refractivity contribution < 1.29 is 24.0 Å². The standard InChI is InChI=1S/C34H31N7O5S3/c1-3-45-39-25(29-38-34(35)49-40-29)30(42)37-26-31(43)41-27(24(19-48-32(26)41)47-17-16-21-15-14-20(2)36-18-21)33(44)46-28(22-10-6-4-7-11-22)23-12-8-5-9-13-23/h4-18,26,28,32H,3,19H2,1-2H3,(H,37,42)(H2,35,38,40)/b17-16-,39-25?/t26?,32-/m1/s1. The van der Waals surface area contributed by atoms with Gasteiger partial charge in [0.15, 0.2) is 11.2 Å². The van der Waals surface area contributed by atoms with Crippen LogP contribution in [0.5, 0.6) is 0 Å². The van der Waals surface area contributed by atoms with Crippen LogP contribution in [0.4, 0.5) is 5.13 Å². The van der Waals surface area contributed by atoms with E-state index in [1.54, 1.807) is 13.1 Å². The van der Waals surface area contributed by atoms with Crippen LogP contribution in [0.3, 0.4) is 0 Å². The quantitative estimate of drug-likeness (QED) is 0.0888. The van der Waals surface area contributed by atoms with E-state index in [1.807, 2.05) is 91.2 Å². The van der Waals surface area contributed by atoms with Crippen LogP contribution in [-0.4, -0.2) is 66.5 Å². The Balaban J connectivity index is 1.29. The molecule has 49 heavy (non-hydrogen) atoms. The number of carbonyl (C=O) groups excluding carboxylic acids is 3. The molecular formula is C34H31N7O5S3. The minimum atomic E-state index is -0.956. The van der Waals surface area contributed by atoms with Crippen molar-refractivity contribution in [2.45, 2.75) is 31.4 Å². The number of β-lactam (4-membered cyclic amide) rings is 1. The molecule has 1 unspecified atom stereocenters. The third-order valence-electron chi connectivity index (χ3n) is 7.40. The van der Waals surface area contributed by atoms with E-state index in [1.165, 1.54) is 28.4 Å². The van der Waals surface area contributed by atoms with E-state index in [2.05, 4.69) is 24.8 Å². The Morgan fingerprint density at radius 3 is 2.45 bits per heavy atom. The van der Waals surface area contributed by atoms with Crippen molar-refractivity contribution in [1.29, 1.82) is 0 Å². The highest BCUT2D eigenvalue weighted by Crippen LogP contribution is 2.45. The van der Waals surface area contributed by atoms with E-state index >= 15 is 0 Å². The predicted molar refractivity (Wildman–Crippen MR) is 191 cm³/mol. The molecule has 1 saturated heterocycles. The van der Waals surface area contributed by atoms with Crippen LogP contribution in [0, 0.1) is 6.92 Å². The van der Waals surface area contributed by atoms with E-state index in [4.69, 9.17) is 15.3 Å². The zero-order chi connectivity index (χ0) is 34.3. The smallest absolute Gasteiger partial charge is 0.356 e. The van der Waals surface area contributed by atoms with E-state index in [0.29, 0.717) is 10.7 Å². The number of aryl methyl sites for hydroxylation is 1. The molecule has 3 N–H and O–H groups in total. The van der Waals surface area contributed by atoms with E-state index in [0.717, 1.165) is 33.9 Å². The number of aromatic nitrogens is 3. The summed E-state index contributed by atoms with van der Waals surface area (Å²) < 4.78 is 10.3. The highest BCUT2D eigenvalue weighted by Gasteiger charge is 2.55. The molecule has 2 aromatic carbocycles. The second-order valence-corrected chi connectivity index (χ2v) is 13.6. The SMILES string of the molecule is CCON=C(C(=O)NC1C(=O)N2C(C(=O)OC(c3ccccc3)c3ccccc3)=C(S/C=C\c3ccc(C)nc3)CS[C@H]12)c1nsc(N)n1. The van der Waals surface area contributed by atoms with Crippen molar-refractivity contribution in [3.63, 3.8) is 0 Å². The summed E-state index contributed by atoms with van der Waals surface area (Å²) in [6.07, 6.45) is 2.93. The lowest BCUT2D eigenvalue weighted by molar-refractivity contribution is -0.154. The first-order valence-corrected chi connectivity index (χ1v) is 17.9. The average Bonchev–Trinajstić information content (AvgIpc) is 3.56. The molecule has 0 spiro atoms. The first-order valence-electron chi connectivity index (χ1n) is 15.2. The molecule has 15 heteroatoms. The van der Waals surface area contributed by atoms with Crippen LogP contribution in [-0.2, 0) is 24.0 Å². The molecule has 0 aliphatic carbocycles. The van der Waals surface area contributed by atoms with Crippen molar-refractivity contribution in [3.05, 3.63) is 123 Å². The van der Waals surface area contributed by atoms with Gasteiger partial charge in [0.1, 0.15) is 23.7 Å². The number of nitrogens with zero attached hydrogens (tertiary/aromatic N) is 5. The van der Waals surface area contributed by atoms with Crippen molar-refractivity contribution in [1.82, 2.24) is 24.6 Å². The van der Waals surface area contributed by atoms with Crippen molar-refractivity contribution in [2.24, 2.45) is 5.16 Å². The zero-order valence-electron chi connectivity index (χ0n) is 26.4. The number of hydrogen-bond donors (Lipinski definition) is 2. The highest BCUT2D eigenvalue weighted by atomic mass is 32.2. The Kier molecular flexibility index (Phi) is 10.7. The maximum Gasteiger partial charge on any atom is 0.356 e. The largest absolute Gasteiger partial charge is 0.448 e. The summed E-state index contributed by atoms with van der Waals surface area (Å²) in [5, 5.41) is 8.04. The third kappa shape index (κ3) is 7.69. The molecule has 0 radical (unpaired) electrons. The fraction of sp³-hybridized carbons (Fsp3) is 0.206. The van der Waals surface area contributed by atoms with Gasteiger partial charge in [-0.3, -0.25) is 19.5 Å². The maximum absolute atomic E-state index is 14.2. The fourth-order valence-corrected chi connectivity index (χ4v) is 7.83. The number of esters is 1. The fourth-order valence-electron chi connectivity index (χ4n) is 5.04. The molecule has 12 nitrogen and oxygen atoms in total. The van der Waals surface area contributed by atoms with E-state index in [9.17, 15) is 14.4 Å². The second kappa shape index (κ2) is 15.5. The Bertz CT molecular complexity index is 1880. The number of nitrogen functional groups attached to an aromatic ring is 1. The van der Waals surface area contributed by atoms with Gasteiger partial charge in [-0.15, -0.1) is 11.8 Å².